The Labute approximate surface area is 149 Å². The maximum atomic E-state index is 12.6. The summed E-state index contributed by atoms with van der Waals surface area (Å²) in [5, 5.41) is 6.68. The molecule has 128 valence electrons. The standard InChI is InChI=1S/C19H15N5O2/c1-12-21-18(26-24-12)10-13-6-2-3-7-14(13)23-19(25)17-11-20-15-8-4-5-9-16(15)22-17/h2-9,11H,10H2,1H3,(H,23,25). The van der Waals surface area contributed by atoms with Gasteiger partial charge in [-0.15, -0.1) is 0 Å². The van der Waals surface area contributed by atoms with Crippen LogP contribution in [0.3, 0.4) is 0 Å². The van der Waals surface area contributed by atoms with Crippen LogP contribution in [0.15, 0.2) is 59.3 Å². The Hall–Kier alpha value is -3.61. The van der Waals surface area contributed by atoms with Crippen molar-refractivity contribution in [3.63, 3.8) is 0 Å². The summed E-state index contributed by atoms with van der Waals surface area (Å²) < 4.78 is 5.16. The number of fused-ring (bicyclic) bond motifs is 1. The van der Waals surface area contributed by atoms with E-state index in [1.807, 2.05) is 48.5 Å². The van der Waals surface area contributed by atoms with E-state index in [1.54, 1.807) is 6.92 Å². The number of nitrogens with zero attached hydrogens (tertiary/aromatic N) is 4. The minimum absolute atomic E-state index is 0.257. The molecule has 1 N–H and O–H groups in total. The number of aromatic nitrogens is 4. The Morgan fingerprint density at radius 2 is 1.81 bits per heavy atom. The Bertz CT molecular complexity index is 1090. The molecule has 2 heterocycles. The van der Waals surface area contributed by atoms with Crippen LogP contribution < -0.4 is 5.32 Å². The average Bonchev–Trinajstić information content (AvgIpc) is 3.07. The molecule has 2 aromatic carbocycles. The van der Waals surface area contributed by atoms with Crippen molar-refractivity contribution in [2.75, 3.05) is 5.32 Å². The molecule has 0 unspecified atom stereocenters. The van der Waals surface area contributed by atoms with Crippen molar-refractivity contribution >= 4 is 22.6 Å². The highest BCUT2D eigenvalue weighted by atomic mass is 16.5. The number of nitrogens with one attached hydrogen (secondary N) is 1. The number of aryl methyl sites for hydroxylation is 1. The molecule has 0 fully saturated rings. The van der Waals surface area contributed by atoms with Crippen molar-refractivity contribution in [1.29, 1.82) is 0 Å². The SMILES string of the molecule is Cc1noc(Cc2ccccc2NC(=O)c2cnc3ccccc3n2)n1. The second-order valence-corrected chi connectivity index (χ2v) is 5.77. The van der Waals surface area contributed by atoms with Crippen LogP contribution in [-0.2, 0) is 6.42 Å². The highest BCUT2D eigenvalue weighted by Gasteiger charge is 2.13. The van der Waals surface area contributed by atoms with Crippen LogP contribution in [-0.4, -0.2) is 26.0 Å². The van der Waals surface area contributed by atoms with Crippen molar-refractivity contribution < 1.29 is 9.32 Å². The van der Waals surface area contributed by atoms with Gasteiger partial charge >= 0.3 is 0 Å². The molecular weight excluding hydrogens is 330 g/mol. The normalized spacial score (nSPS) is 10.8. The van der Waals surface area contributed by atoms with Crippen molar-refractivity contribution in [2.24, 2.45) is 0 Å². The zero-order valence-corrected chi connectivity index (χ0v) is 14.0. The maximum absolute atomic E-state index is 12.6. The Morgan fingerprint density at radius 1 is 1.04 bits per heavy atom. The van der Waals surface area contributed by atoms with E-state index >= 15 is 0 Å². The molecule has 7 heteroatoms. The highest BCUT2D eigenvalue weighted by molar-refractivity contribution is 6.03. The number of rotatable bonds is 4. The second-order valence-electron chi connectivity index (χ2n) is 5.77. The van der Waals surface area contributed by atoms with Gasteiger partial charge in [-0.1, -0.05) is 35.5 Å². The minimum Gasteiger partial charge on any atom is -0.339 e. The molecule has 0 radical (unpaired) electrons. The lowest BCUT2D eigenvalue weighted by Gasteiger charge is -2.09. The van der Waals surface area contributed by atoms with Gasteiger partial charge in [0.2, 0.25) is 5.89 Å². The van der Waals surface area contributed by atoms with E-state index in [0.29, 0.717) is 29.3 Å². The van der Waals surface area contributed by atoms with Gasteiger partial charge in [-0.2, -0.15) is 4.98 Å². The first-order valence-electron chi connectivity index (χ1n) is 8.09. The molecule has 0 spiro atoms. The number of hydrogen-bond acceptors (Lipinski definition) is 6. The quantitative estimate of drug-likeness (QED) is 0.610. The summed E-state index contributed by atoms with van der Waals surface area (Å²) >= 11 is 0. The van der Waals surface area contributed by atoms with Crippen molar-refractivity contribution in [3.05, 3.63) is 77.7 Å². The number of benzene rings is 2. The fraction of sp³-hybridized carbons (Fsp3) is 0.105. The third-order valence-corrected chi connectivity index (χ3v) is 3.86. The zero-order valence-electron chi connectivity index (χ0n) is 14.0. The number of para-hydroxylation sites is 3. The number of anilines is 1. The van der Waals surface area contributed by atoms with Gasteiger partial charge in [0, 0.05) is 5.69 Å². The van der Waals surface area contributed by atoms with Crippen LogP contribution in [0.25, 0.3) is 11.0 Å². The average molecular weight is 345 g/mol. The molecule has 2 aromatic heterocycles. The number of amides is 1. The zero-order chi connectivity index (χ0) is 17.9. The maximum Gasteiger partial charge on any atom is 0.275 e. The van der Waals surface area contributed by atoms with E-state index in [1.165, 1.54) is 6.20 Å². The lowest BCUT2D eigenvalue weighted by molar-refractivity contribution is 0.102. The van der Waals surface area contributed by atoms with Gasteiger partial charge in [-0.3, -0.25) is 9.78 Å². The molecule has 0 saturated heterocycles. The van der Waals surface area contributed by atoms with Gasteiger partial charge < -0.3 is 9.84 Å². The summed E-state index contributed by atoms with van der Waals surface area (Å²) in [4.78, 5) is 25.5. The predicted molar refractivity (Wildman–Crippen MR) is 95.8 cm³/mol. The molecule has 0 aliphatic rings. The van der Waals surface area contributed by atoms with E-state index in [2.05, 4.69) is 25.4 Å². The first kappa shape index (κ1) is 15.9. The molecule has 0 atom stereocenters. The van der Waals surface area contributed by atoms with Gasteiger partial charge in [-0.05, 0) is 30.7 Å². The Morgan fingerprint density at radius 3 is 2.62 bits per heavy atom. The smallest absolute Gasteiger partial charge is 0.275 e. The number of carbonyl (C=O) groups is 1. The third kappa shape index (κ3) is 3.27. The topological polar surface area (TPSA) is 93.8 Å². The monoisotopic (exact) mass is 345 g/mol. The molecular formula is C19H15N5O2. The molecule has 26 heavy (non-hydrogen) atoms. The van der Waals surface area contributed by atoms with E-state index in [0.717, 1.165) is 11.1 Å². The lowest BCUT2D eigenvalue weighted by Crippen LogP contribution is -2.15. The fourth-order valence-corrected chi connectivity index (χ4v) is 2.62. The van der Waals surface area contributed by atoms with Crippen LogP contribution in [0, 0.1) is 6.92 Å². The summed E-state index contributed by atoms with van der Waals surface area (Å²) in [5.74, 6) is 0.750. The first-order valence-corrected chi connectivity index (χ1v) is 8.09. The van der Waals surface area contributed by atoms with E-state index in [4.69, 9.17) is 4.52 Å². The van der Waals surface area contributed by atoms with Gasteiger partial charge in [-0.25, -0.2) is 4.98 Å². The van der Waals surface area contributed by atoms with Crippen molar-refractivity contribution in [1.82, 2.24) is 20.1 Å². The summed E-state index contributed by atoms with van der Waals surface area (Å²) in [6, 6.07) is 14.9. The molecule has 0 saturated carbocycles. The molecule has 4 aromatic rings. The van der Waals surface area contributed by atoms with Crippen LogP contribution >= 0.6 is 0 Å². The largest absolute Gasteiger partial charge is 0.339 e. The molecule has 7 nitrogen and oxygen atoms in total. The Kier molecular flexibility index (Phi) is 4.10. The van der Waals surface area contributed by atoms with Crippen molar-refractivity contribution in [3.8, 4) is 0 Å². The first-order chi connectivity index (χ1) is 12.7. The Balaban J connectivity index is 1.59. The van der Waals surface area contributed by atoms with Crippen LogP contribution in [0.4, 0.5) is 5.69 Å². The summed E-state index contributed by atoms with van der Waals surface area (Å²) in [7, 11) is 0. The van der Waals surface area contributed by atoms with Crippen LogP contribution in [0.5, 0.6) is 0 Å². The lowest BCUT2D eigenvalue weighted by atomic mass is 10.1. The number of hydrogen-bond donors (Lipinski definition) is 1. The summed E-state index contributed by atoms with van der Waals surface area (Å²) in [6.45, 7) is 1.76. The van der Waals surface area contributed by atoms with Crippen LogP contribution in [0.2, 0.25) is 0 Å². The van der Waals surface area contributed by atoms with E-state index in [-0.39, 0.29) is 11.6 Å². The van der Waals surface area contributed by atoms with Gasteiger partial charge in [0.05, 0.1) is 23.7 Å². The predicted octanol–water partition coefficient (Wildman–Crippen LogP) is 3.16. The van der Waals surface area contributed by atoms with Crippen LogP contribution in [0.1, 0.15) is 27.8 Å². The molecule has 0 aliphatic carbocycles. The number of carbonyl (C=O) groups excluding carboxylic acids is 1. The van der Waals surface area contributed by atoms with E-state index < -0.39 is 0 Å². The fourth-order valence-electron chi connectivity index (χ4n) is 2.62. The molecule has 0 aliphatic heterocycles. The molecule has 0 bridgehead atoms. The summed E-state index contributed by atoms with van der Waals surface area (Å²) in [6.07, 6.45) is 1.91. The van der Waals surface area contributed by atoms with Crippen molar-refractivity contribution in [2.45, 2.75) is 13.3 Å². The minimum atomic E-state index is -0.322. The second kappa shape index (κ2) is 6.72. The highest BCUT2D eigenvalue weighted by Crippen LogP contribution is 2.19. The third-order valence-electron chi connectivity index (χ3n) is 3.86. The molecule has 1 amide bonds. The molecule has 4 rings (SSSR count). The van der Waals surface area contributed by atoms with Gasteiger partial charge in [0.25, 0.3) is 5.91 Å². The van der Waals surface area contributed by atoms with E-state index in [9.17, 15) is 4.79 Å². The summed E-state index contributed by atoms with van der Waals surface area (Å²) in [5.41, 5.74) is 3.22. The van der Waals surface area contributed by atoms with Gasteiger partial charge in [0.15, 0.2) is 5.82 Å². The van der Waals surface area contributed by atoms with Gasteiger partial charge in [0.1, 0.15) is 5.69 Å².